The molecule has 2 N–H and O–H groups in total. The molecule has 5 aliphatic rings. The van der Waals surface area contributed by atoms with Crippen LogP contribution in [0.15, 0.2) is 23.2 Å². The first kappa shape index (κ1) is 25.6. The zero-order chi connectivity index (χ0) is 24.8. The van der Waals surface area contributed by atoms with Gasteiger partial charge < -0.3 is 29.0 Å². The van der Waals surface area contributed by atoms with Crippen molar-refractivity contribution in [1.29, 1.82) is 0 Å². The van der Waals surface area contributed by atoms with Crippen LogP contribution in [-0.2, 0) is 14.1 Å². The van der Waals surface area contributed by atoms with Gasteiger partial charge in [0.2, 0.25) is 11.6 Å². The third-order valence-electron chi connectivity index (χ3n) is 7.09. The van der Waals surface area contributed by atoms with E-state index in [1.165, 1.54) is 6.08 Å². The summed E-state index contributed by atoms with van der Waals surface area (Å²) in [5.74, 6) is 0.0485. The molecule has 4 heterocycles. The average Bonchev–Trinajstić information content (AvgIpc) is 3.57. The lowest BCUT2D eigenvalue weighted by Crippen LogP contribution is -2.62. The van der Waals surface area contributed by atoms with Crippen molar-refractivity contribution >= 4 is 20.2 Å². The molecule has 4 aliphatic heterocycles. The number of likely N-dealkylation sites (tertiary alicyclic amines) is 1. The van der Waals surface area contributed by atoms with Crippen molar-refractivity contribution in [1.82, 2.24) is 19.6 Å². The third kappa shape index (κ3) is 5.65. The van der Waals surface area contributed by atoms with Gasteiger partial charge in [-0.1, -0.05) is 6.92 Å². The lowest BCUT2D eigenvalue weighted by molar-refractivity contribution is -0.117. The molecule has 34 heavy (non-hydrogen) atoms. The highest BCUT2D eigenvalue weighted by atomic mass is 31.2. The Hall–Kier alpha value is -1.51. The van der Waals surface area contributed by atoms with Gasteiger partial charge >= 0.3 is 8.60 Å². The molecule has 4 fully saturated rings. The predicted molar refractivity (Wildman–Crippen MR) is 130 cm³/mol. The third-order valence-corrected chi connectivity index (χ3v) is 7.58. The largest absolute Gasteiger partial charge is 0.365 e. The number of hydrogen-bond acceptors (Lipinski definition) is 9. The maximum absolute atomic E-state index is 12.4. The monoisotopic (exact) mass is 494 g/mol. The van der Waals surface area contributed by atoms with Crippen LogP contribution in [-0.4, -0.2) is 104 Å². The van der Waals surface area contributed by atoms with E-state index in [0.717, 1.165) is 65.1 Å². The van der Waals surface area contributed by atoms with Crippen LogP contribution in [0.1, 0.15) is 53.9 Å². The van der Waals surface area contributed by atoms with Gasteiger partial charge in [-0.2, -0.15) is 0 Å². The van der Waals surface area contributed by atoms with E-state index in [9.17, 15) is 9.59 Å². The summed E-state index contributed by atoms with van der Waals surface area (Å²) in [6, 6.07) is 0. The van der Waals surface area contributed by atoms with Crippen molar-refractivity contribution in [3.63, 3.8) is 0 Å². The predicted octanol–water partition coefficient (Wildman–Crippen LogP) is 1.83. The Labute approximate surface area is 204 Å². The molecule has 10 heteroatoms. The lowest BCUT2D eigenvalue weighted by atomic mass is 9.78. The van der Waals surface area contributed by atoms with E-state index in [0.29, 0.717) is 17.1 Å². The first-order valence-corrected chi connectivity index (χ1v) is 13.5. The number of rotatable bonds is 7. The van der Waals surface area contributed by atoms with E-state index in [1.807, 2.05) is 14.7 Å². The molecule has 5 rings (SSSR count). The second-order valence-electron chi connectivity index (χ2n) is 11.0. The zero-order valence-electron chi connectivity index (χ0n) is 21.1. The van der Waals surface area contributed by atoms with Gasteiger partial charge in [-0.25, -0.2) is 0 Å². The lowest BCUT2D eigenvalue weighted by Gasteiger charge is -2.55. The van der Waals surface area contributed by atoms with Crippen molar-refractivity contribution < 1.29 is 23.9 Å². The summed E-state index contributed by atoms with van der Waals surface area (Å²) in [6.07, 6.45) is 4.28. The Bertz CT molecular complexity index is 870. The van der Waals surface area contributed by atoms with Crippen LogP contribution in [0.2, 0.25) is 0 Å². The smallest absolute Gasteiger partial charge is 0.327 e. The van der Waals surface area contributed by atoms with Gasteiger partial charge in [-0.3, -0.25) is 14.5 Å². The molecule has 0 spiro atoms. The molecule has 0 unspecified atom stereocenters. The Morgan fingerprint density at radius 2 is 1.41 bits per heavy atom. The highest BCUT2D eigenvalue weighted by Gasteiger charge is 2.46. The Morgan fingerprint density at radius 3 is 1.85 bits per heavy atom. The number of piperidine rings is 1. The van der Waals surface area contributed by atoms with E-state index in [-0.39, 0.29) is 28.7 Å². The summed E-state index contributed by atoms with van der Waals surface area (Å²) < 4.78 is 5.24. The van der Waals surface area contributed by atoms with Gasteiger partial charge in [-0.05, 0) is 53.5 Å². The number of ketones is 2. The second kappa shape index (κ2) is 9.51. The molecular formula is C24H39N4O5P. The van der Waals surface area contributed by atoms with E-state index < -0.39 is 8.60 Å². The van der Waals surface area contributed by atoms with Crippen LogP contribution in [0.25, 0.3) is 0 Å². The summed E-state index contributed by atoms with van der Waals surface area (Å²) >= 11 is 0. The maximum atomic E-state index is 12.4. The van der Waals surface area contributed by atoms with Gasteiger partial charge in [0.1, 0.15) is 11.4 Å². The minimum absolute atomic E-state index is 0.00546. The minimum atomic E-state index is -2.25. The first-order chi connectivity index (χ1) is 15.9. The van der Waals surface area contributed by atoms with Crippen LogP contribution >= 0.6 is 8.60 Å². The molecular weight excluding hydrogens is 455 g/mol. The molecule has 0 atom stereocenters. The Morgan fingerprint density at radius 1 is 0.912 bits per heavy atom. The highest BCUT2D eigenvalue weighted by molar-refractivity contribution is 7.39. The zero-order valence-corrected chi connectivity index (χ0v) is 22.0. The first-order valence-electron chi connectivity index (χ1n) is 12.4. The van der Waals surface area contributed by atoms with Crippen LogP contribution in [0, 0.1) is 0 Å². The molecule has 0 aromatic rings. The highest BCUT2D eigenvalue weighted by Crippen LogP contribution is 2.43. The number of hydrogen-bond donors (Lipinski definition) is 2. The fourth-order valence-electron chi connectivity index (χ4n) is 5.54. The summed E-state index contributed by atoms with van der Waals surface area (Å²) in [5.41, 5.74) is 1.96. The molecule has 0 aromatic carbocycles. The molecule has 1 aliphatic carbocycles. The van der Waals surface area contributed by atoms with Crippen molar-refractivity contribution in [2.45, 2.75) is 71.1 Å². The van der Waals surface area contributed by atoms with E-state index in [4.69, 9.17) is 14.3 Å². The summed E-state index contributed by atoms with van der Waals surface area (Å²) in [6.45, 7) is 17.5. The van der Waals surface area contributed by atoms with Gasteiger partial charge in [0, 0.05) is 56.4 Å². The average molecular weight is 495 g/mol. The summed E-state index contributed by atoms with van der Waals surface area (Å²) in [5, 5.41) is 0. The van der Waals surface area contributed by atoms with Crippen LogP contribution in [0.5, 0.6) is 0 Å². The van der Waals surface area contributed by atoms with E-state index >= 15 is 0 Å². The van der Waals surface area contributed by atoms with Crippen LogP contribution in [0.3, 0.4) is 0 Å². The number of allylic oxidation sites excluding steroid dienone is 1. The molecule has 0 radical (unpaired) electrons. The van der Waals surface area contributed by atoms with Crippen molar-refractivity contribution in [3.05, 3.63) is 23.2 Å². The number of nitrogens with zero attached hydrogens (tertiary/aromatic N) is 4. The van der Waals surface area contributed by atoms with Crippen molar-refractivity contribution in [2.75, 3.05) is 45.8 Å². The molecule has 0 saturated carbocycles. The van der Waals surface area contributed by atoms with Crippen molar-refractivity contribution in [2.24, 2.45) is 0 Å². The molecule has 0 aromatic heterocycles. The van der Waals surface area contributed by atoms with E-state index in [2.05, 4.69) is 39.5 Å². The number of Topliss-reactive ketones (excluding diaryl/α,β-unsaturated/α-hetero) is 1. The van der Waals surface area contributed by atoms with Crippen LogP contribution in [0.4, 0.5) is 0 Å². The summed E-state index contributed by atoms with van der Waals surface area (Å²) in [4.78, 5) is 51.0. The van der Waals surface area contributed by atoms with Gasteiger partial charge in [0.05, 0.1) is 11.8 Å². The van der Waals surface area contributed by atoms with Crippen molar-refractivity contribution in [3.8, 4) is 0 Å². The minimum Gasteiger partial charge on any atom is -0.365 e. The van der Waals surface area contributed by atoms with Crippen LogP contribution < -0.4 is 0 Å². The van der Waals surface area contributed by atoms with Gasteiger partial charge in [0.15, 0.2) is 0 Å². The fourth-order valence-corrected chi connectivity index (χ4v) is 5.95. The number of carbonyl (C=O) groups is 2. The SMILES string of the molecule is CCCN1C(C)(C)CC(OP(O)O)CC1(C)C.O=C1C=C(N2CC2)C(=O)C(N2CC2)=C1N1CC1. The Kier molecular flexibility index (Phi) is 7.15. The normalized spacial score (nSPS) is 26.0. The quantitative estimate of drug-likeness (QED) is 0.312. The molecule has 0 bridgehead atoms. The molecule has 9 nitrogen and oxygen atoms in total. The topological polar surface area (TPSA) is 96.1 Å². The standard InChI is InChI=1S/C12H13N3O2.C12H26NO3P/c16-9-7-8(13-1-2-13)12(17)11(15-5-6-15)10(9)14-3-4-14;1-6-7-13-11(2,3)8-10(16-17(14)15)9-12(13,4)5/h7H,1-6H2;10,14-15H,6-9H2,1-5H3. The molecule has 0 amide bonds. The molecule has 4 saturated heterocycles. The number of carbonyl (C=O) groups excluding carboxylic acids is 2. The second-order valence-corrected chi connectivity index (χ2v) is 11.8. The Balaban J connectivity index is 0.000000161. The summed E-state index contributed by atoms with van der Waals surface area (Å²) in [7, 11) is -2.25. The fraction of sp³-hybridized carbons (Fsp3) is 0.750. The van der Waals surface area contributed by atoms with E-state index in [1.54, 1.807) is 0 Å². The maximum Gasteiger partial charge on any atom is 0.327 e. The van der Waals surface area contributed by atoms with Gasteiger partial charge in [0.25, 0.3) is 0 Å². The van der Waals surface area contributed by atoms with Gasteiger partial charge in [-0.15, -0.1) is 0 Å². The molecule has 190 valence electrons.